The maximum Gasteiger partial charge on any atom is 0.269 e. The molecule has 4 heterocycles. The first kappa shape index (κ1) is 39.4. The summed E-state index contributed by atoms with van der Waals surface area (Å²) in [7, 11) is 0. The Balaban J connectivity index is 1.17. The number of aromatic nitrogens is 4. The van der Waals surface area contributed by atoms with Crippen LogP contribution in [0, 0.1) is 6.33 Å². The molecule has 0 unspecified atom stereocenters. The molecule has 0 amide bonds. The molecular weight excluding hydrogens is 913 g/mol. The Morgan fingerprint density at radius 1 is 0.467 bits per heavy atom. The quantitative estimate of drug-likeness (QED) is 0.127. The molecule has 75 heavy (non-hydrogen) atoms. The number of benzene rings is 8. The zero-order valence-corrected chi connectivity index (χ0v) is 44.9. The molecule has 1 aliphatic heterocycles. The minimum absolute atomic E-state index is 0.0127. The van der Waals surface area contributed by atoms with Crippen LogP contribution in [0.2, 0.25) is 0 Å². The van der Waals surface area contributed by atoms with Crippen molar-refractivity contribution in [2.75, 3.05) is 0 Å². The Kier molecular flexibility index (Phi) is 9.09. The number of imidazole rings is 1. The molecular formula is C70H66N4O. The van der Waals surface area contributed by atoms with Gasteiger partial charge in [-0.2, -0.15) is 0 Å². The van der Waals surface area contributed by atoms with Crippen LogP contribution in [-0.2, 0) is 21.7 Å². The molecule has 0 saturated heterocycles. The van der Waals surface area contributed by atoms with Crippen molar-refractivity contribution in [3.8, 4) is 73.2 Å². The van der Waals surface area contributed by atoms with Crippen LogP contribution in [-0.4, -0.2) is 14.1 Å². The number of pyridine rings is 1. The molecule has 0 spiro atoms. The molecule has 11 aromatic rings. The minimum atomic E-state index is -0.516. The maximum atomic E-state index is 9.90. The highest BCUT2D eigenvalue weighted by Gasteiger charge is 2.30. The van der Waals surface area contributed by atoms with Crippen LogP contribution in [0.5, 0.6) is 11.5 Å². The van der Waals surface area contributed by atoms with Crippen LogP contribution in [0.3, 0.4) is 0 Å². The van der Waals surface area contributed by atoms with Gasteiger partial charge in [0.1, 0.15) is 17.3 Å². The van der Waals surface area contributed by atoms with Gasteiger partial charge < -0.3 is 4.74 Å². The van der Waals surface area contributed by atoms with Crippen LogP contribution in [0.4, 0.5) is 0 Å². The van der Waals surface area contributed by atoms with Crippen molar-refractivity contribution >= 4 is 32.8 Å². The SMILES string of the molecule is [2H]c1c([2H])c([2H])c2c(c1[2H])-c1cccc(-c3cc(C(C)(C)C)cc(C(C)(C)C)c3)c1-[n+]1[c-]n(-c3cccc(Oc4ccc5c6ccccc6n(-c6cc(C(C)(C)C)ccn6)c5c4)c3)c3cc(C(C)(C)C)cc(c31)-c1c([2H])c([2H])c([2H])c([2H])c1-2. The van der Waals surface area contributed by atoms with Crippen LogP contribution >= 0.6 is 0 Å². The number of hydrogen-bond acceptors (Lipinski definition) is 2. The summed E-state index contributed by atoms with van der Waals surface area (Å²) in [6, 6.07) is 39.6. The van der Waals surface area contributed by atoms with Crippen LogP contribution < -0.4 is 9.30 Å². The normalized spacial score (nSPS) is 14.3. The number of fused-ring (bicyclic) bond motifs is 10. The third kappa shape index (κ3) is 8.34. The van der Waals surface area contributed by atoms with Crippen molar-refractivity contribution in [2.45, 2.75) is 105 Å². The van der Waals surface area contributed by atoms with Crippen LogP contribution in [0.15, 0.2) is 182 Å². The lowest BCUT2D eigenvalue weighted by atomic mass is 9.78. The highest BCUT2D eigenvalue weighted by Crippen LogP contribution is 2.47. The Morgan fingerprint density at radius 2 is 1.04 bits per heavy atom. The fraction of sp³-hybridized carbons (Fsp3) is 0.229. The summed E-state index contributed by atoms with van der Waals surface area (Å²) in [5.74, 6) is 1.97. The number of nitrogens with zero attached hydrogens (tertiary/aromatic N) is 4. The van der Waals surface area contributed by atoms with Gasteiger partial charge in [0.05, 0.1) is 44.4 Å². The molecule has 0 bridgehead atoms. The average molecular weight is 987 g/mol. The summed E-state index contributed by atoms with van der Waals surface area (Å²) in [4.78, 5) is 4.90. The number of ether oxygens (including phenoxy) is 1. The Morgan fingerprint density at radius 3 is 1.71 bits per heavy atom. The van der Waals surface area contributed by atoms with Gasteiger partial charge in [0.15, 0.2) is 0 Å². The molecule has 8 aromatic carbocycles. The van der Waals surface area contributed by atoms with E-state index in [1.54, 1.807) is 0 Å². The van der Waals surface area contributed by atoms with E-state index in [0.717, 1.165) is 55.4 Å². The van der Waals surface area contributed by atoms with Crippen molar-refractivity contribution in [2.24, 2.45) is 0 Å². The Labute approximate surface area is 454 Å². The van der Waals surface area contributed by atoms with Crippen LogP contribution in [0.1, 0.15) is 116 Å². The predicted octanol–water partition coefficient (Wildman–Crippen LogP) is 18.2. The van der Waals surface area contributed by atoms with Gasteiger partial charge in [-0.3, -0.25) is 13.7 Å². The molecule has 5 nitrogen and oxygen atoms in total. The van der Waals surface area contributed by atoms with Crippen molar-refractivity contribution in [3.63, 3.8) is 0 Å². The van der Waals surface area contributed by atoms with Crippen molar-refractivity contribution in [1.82, 2.24) is 14.1 Å². The van der Waals surface area contributed by atoms with E-state index in [4.69, 9.17) is 11.1 Å². The van der Waals surface area contributed by atoms with Gasteiger partial charge in [0.2, 0.25) is 0 Å². The lowest BCUT2D eigenvalue weighted by Crippen LogP contribution is -2.32. The fourth-order valence-electron chi connectivity index (χ4n) is 10.6. The molecule has 0 N–H and O–H groups in total. The third-order valence-electron chi connectivity index (χ3n) is 14.8. The van der Waals surface area contributed by atoms with Gasteiger partial charge in [-0.1, -0.05) is 198 Å². The van der Waals surface area contributed by atoms with E-state index in [9.17, 15) is 9.60 Å². The molecule has 0 atom stereocenters. The van der Waals surface area contributed by atoms with E-state index in [2.05, 4.69) is 161 Å². The number of hydrogen-bond donors (Lipinski definition) is 0. The monoisotopic (exact) mass is 987 g/mol. The van der Waals surface area contributed by atoms with Gasteiger partial charge >= 0.3 is 0 Å². The van der Waals surface area contributed by atoms with E-state index in [1.165, 1.54) is 5.56 Å². The topological polar surface area (TPSA) is 35.9 Å². The molecule has 12 rings (SSSR count). The number of rotatable bonds is 5. The molecule has 0 saturated carbocycles. The first-order chi connectivity index (χ1) is 39.0. The van der Waals surface area contributed by atoms with E-state index >= 15 is 0 Å². The lowest BCUT2D eigenvalue weighted by molar-refractivity contribution is -0.570. The second-order valence-corrected chi connectivity index (χ2v) is 24.2. The standard InChI is InChI=1S/C70H66N4O/c1-67(2,3)45-33-34-71-64(40-45)74-61-30-18-17-27-57(61)58-32-31-51(42-62(58)74)75-50-22-19-21-49(41-50)72-43-73-65-52(44-35-46(68(4,5)6)37-47(36-44)69(7,8)9)28-20-29-59(65)55-25-15-13-23-53(55)54-24-14-16-26-56(54)60-38-48(70(10,11)12)39-63(72)66(60)73/h13-42H,1-12H3/i13D,14D,15D,16D,23D,24D,25D,26D. The first-order valence-corrected chi connectivity index (χ1v) is 25.9. The van der Waals surface area contributed by atoms with Crippen LogP contribution in [0.25, 0.3) is 94.5 Å². The first-order valence-electron chi connectivity index (χ1n) is 29.9. The van der Waals surface area contributed by atoms with Crippen molar-refractivity contribution < 1.29 is 20.3 Å². The summed E-state index contributed by atoms with van der Waals surface area (Å²) in [6.45, 7) is 26.0. The molecule has 3 aromatic heterocycles. The third-order valence-corrected chi connectivity index (χ3v) is 14.8. The van der Waals surface area contributed by atoms with Gasteiger partial charge in [0, 0.05) is 23.0 Å². The van der Waals surface area contributed by atoms with Gasteiger partial charge in [-0.25, -0.2) is 4.98 Å². The molecule has 5 heteroatoms. The lowest BCUT2D eigenvalue weighted by Gasteiger charge is -2.27. The van der Waals surface area contributed by atoms with Gasteiger partial charge in [0.25, 0.3) is 6.33 Å². The zero-order valence-electron chi connectivity index (χ0n) is 52.9. The molecule has 372 valence electrons. The Hall–Kier alpha value is -8.02. The van der Waals surface area contributed by atoms with E-state index in [-0.39, 0.29) is 50.6 Å². The summed E-state index contributed by atoms with van der Waals surface area (Å²) >= 11 is 0. The molecule has 0 fully saturated rings. The van der Waals surface area contributed by atoms with Gasteiger partial charge in [-0.15, -0.1) is 0 Å². The van der Waals surface area contributed by atoms with Crippen molar-refractivity contribution in [3.05, 3.63) is 211 Å². The molecule has 0 aliphatic carbocycles. The summed E-state index contributed by atoms with van der Waals surface area (Å²) in [6.07, 6.45) is 5.69. The smallest absolute Gasteiger partial charge is 0.269 e. The zero-order chi connectivity index (χ0) is 59.3. The van der Waals surface area contributed by atoms with E-state index < -0.39 is 41.7 Å². The van der Waals surface area contributed by atoms with E-state index in [0.29, 0.717) is 45.0 Å². The molecule has 1 aliphatic rings. The van der Waals surface area contributed by atoms with Gasteiger partial charge in [-0.05, 0) is 143 Å². The highest BCUT2D eigenvalue weighted by atomic mass is 16.5. The summed E-state index contributed by atoms with van der Waals surface area (Å²) in [5.41, 5.74) is 10.2. The summed E-state index contributed by atoms with van der Waals surface area (Å²) < 4.78 is 89.1. The predicted molar refractivity (Wildman–Crippen MR) is 312 cm³/mol. The molecule has 0 radical (unpaired) electrons. The van der Waals surface area contributed by atoms with Crippen molar-refractivity contribution in [1.29, 1.82) is 0 Å². The second kappa shape index (κ2) is 17.3. The van der Waals surface area contributed by atoms with E-state index in [1.807, 2.05) is 76.0 Å². The largest absolute Gasteiger partial charge is 0.458 e. The summed E-state index contributed by atoms with van der Waals surface area (Å²) in [5, 5.41) is 2.16. The second-order valence-electron chi connectivity index (χ2n) is 24.2. The minimum Gasteiger partial charge on any atom is -0.458 e. The number of para-hydroxylation sites is 2. The fourth-order valence-corrected chi connectivity index (χ4v) is 10.6. The maximum absolute atomic E-state index is 9.90. The average Bonchev–Trinajstić information content (AvgIpc) is 2.88. The Bertz CT molecular complexity index is 4530. The highest BCUT2D eigenvalue weighted by molar-refractivity contribution is 6.09.